The number of carbonyl (C=O) groups excluding carboxylic acids is 1. The molecule has 1 unspecified atom stereocenters. The number of likely N-dealkylation sites (N-methyl/N-ethyl adjacent to an activating group) is 2. The summed E-state index contributed by atoms with van der Waals surface area (Å²) in [7, 11) is 3.48. The van der Waals surface area contributed by atoms with Crippen molar-refractivity contribution in [2.24, 2.45) is 4.99 Å². The molecule has 1 atom stereocenters. The molecule has 7 nitrogen and oxygen atoms in total. The minimum Gasteiger partial charge on any atom is -0.492 e. The van der Waals surface area contributed by atoms with E-state index in [1.165, 1.54) is 12.8 Å². The summed E-state index contributed by atoms with van der Waals surface area (Å²) >= 11 is 0. The number of likely N-dealkylation sites (tertiary alicyclic amines) is 1. The molecule has 27 heavy (non-hydrogen) atoms. The van der Waals surface area contributed by atoms with E-state index < -0.39 is 0 Å². The van der Waals surface area contributed by atoms with Gasteiger partial charge in [0.1, 0.15) is 18.9 Å². The van der Waals surface area contributed by atoms with Crippen molar-refractivity contribution in [3.05, 3.63) is 30.3 Å². The van der Waals surface area contributed by atoms with Crippen LogP contribution < -0.4 is 15.4 Å². The number of carbonyl (C=O) groups is 1. The van der Waals surface area contributed by atoms with Gasteiger partial charge in [-0.05, 0) is 38.1 Å². The molecule has 1 amide bonds. The summed E-state index contributed by atoms with van der Waals surface area (Å²) in [6.45, 7) is 6.51. The SMILES string of the molecule is CCN1CCCC1CNC(=NCC(=O)N(C)C)NCCOc1ccccc1. The van der Waals surface area contributed by atoms with Crippen LogP contribution in [0.15, 0.2) is 35.3 Å². The molecule has 1 fully saturated rings. The van der Waals surface area contributed by atoms with Gasteiger partial charge < -0.3 is 20.3 Å². The second kappa shape index (κ2) is 11.4. The minimum atomic E-state index is -0.0207. The highest BCUT2D eigenvalue weighted by molar-refractivity contribution is 5.84. The van der Waals surface area contributed by atoms with Crippen LogP contribution in [-0.4, -0.2) is 81.1 Å². The average Bonchev–Trinajstić information content (AvgIpc) is 3.14. The Hall–Kier alpha value is -2.28. The number of para-hydroxylation sites is 1. The minimum absolute atomic E-state index is 0.0207. The van der Waals surface area contributed by atoms with E-state index in [4.69, 9.17) is 4.74 Å². The Kier molecular flexibility index (Phi) is 8.91. The maximum absolute atomic E-state index is 11.9. The number of nitrogens with zero attached hydrogens (tertiary/aromatic N) is 3. The summed E-state index contributed by atoms with van der Waals surface area (Å²) in [5, 5.41) is 6.66. The lowest BCUT2D eigenvalue weighted by Gasteiger charge is -2.24. The molecule has 0 spiro atoms. The van der Waals surface area contributed by atoms with Crippen molar-refractivity contribution in [1.82, 2.24) is 20.4 Å². The number of hydrogen-bond acceptors (Lipinski definition) is 4. The van der Waals surface area contributed by atoms with E-state index in [-0.39, 0.29) is 12.5 Å². The third kappa shape index (κ3) is 7.46. The maximum atomic E-state index is 11.9. The molecule has 1 saturated heterocycles. The summed E-state index contributed by atoms with van der Waals surface area (Å²) in [4.78, 5) is 20.3. The highest BCUT2D eigenvalue weighted by atomic mass is 16.5. The maximum Gasteiger partial charge on any atom is 0.243 e. The lowest BCUT2D eigenvalue weighted by molar-refractivity contribution is -0.127. The molecule has 1 aromatic carbocycles. The standard InChI is InChI=1S/C20H33N5O2/c1-4-25-13-8-9-17(25)15-22-20(23-16-19(26)24(2)3)21-12-14-27-18-10-6-5-7-11-18/h5-7,10-11,17H,4,8-9,12-16H2,1-3H3,(H2,21,22,23). The largest absolute Gasteiger partial charge is 0.492 e. The first-order valence-corrected chi connectivity index (χ1v) is 9.74. The van der Waals surface area contributed by atoms with Crippen molar-refractivity contribution < 1.29 is 9.53 Å². The molecule has 0 aromatic heterocycles. The summed E-state index contributed by atoms with van der Waals surface area (Å²) in [5.41, 5.74) is 0. The lowest BCUT2D eigenvalue weighted by Crippen LogP contribution is -2.46. The molecule has 1 aliphatic rings. The monoisotopic (exact) mass is 375 g/mol. The molecular weight excluding hydrogens is 342 g/mol. The smallest absolute Gasteiger partial charge is 0.243 e. The van der Waals surface area contributed by atoms with Crippen molar-refractivity contribution in [1.29, 1.82) is 0 Å². The second-order valence-corrected chi connectivity index (χ2v) is 6.85. The Morgan fingerprint density at radius 3 is 2.78 bits per heavy atom. The van der Waals surface area contributed by atoms with Crippen LogP contribution in [0.1, 0.15) is 19.8 Å². The van der Waals surface area contributed by atoms with Crippen molar-refractivity contribution in [2.75, 3.05) is 53.4 Å². The fourth-order valence-electron chi connectivity index (χ4n) is 3.07. The van der Waals surface area contributed by atoms with Gasteiger partial charge in [0.05, 0.1) is 6.54 Å². The summed E-state index contributed by atoms with van der Waals surface area (Å²) < 4.78 is 5.70. The molecule has 150 valence electrons. The van der Waals surface area contributed by atoms with Crippen LogP contribution in [0.5, 0.6) is 5.75 Å². The number of nitrogens with one attached hydrogen (secondary N) is 2. The van der Waals surface area contributed by atoms with Gasteiger partial charge in [0.2, 0.25) is 5.91 Å². The van der Waals surface area contributed by atoms with Crippen LogP contribution in [0.3, 0.4) is 0 Å². The third-order valence-corrected chi connectivity index (χ3v) is 4.69. The molecule has 1 heterocycles. The normalized spacial score (nSPS) is 17.6. The molecule has 2 N–H and O–H groups in total. The Morgan fingerprint density at radius 2 is 2.07 bits per heavy atom. The molecule has 7 heteroatoms. The Morgan fingerprint density at radius 1 is 1.30 bits per heavy atom. The number of amides is 1. The summed E-state index contributed by atoms with van der Waals surface area (Å²) in [6.07, 6.45) is 2.44. The topological polar surface area (TPSA) is 69.2 Å². The summed E-state index contributed by atoms with van der Waals surface area (Å²) in [5.74, 6) is 1.48. The number of benzene rings is 1. The highest BCUT2D eigenvalue weighted by Gasteiger charge is 2.22. The number of aliphatic imine (C=N–C) groups is 1. The predicted octanol–water partition coefficient (Wildman–Crippen LogP) is 1.17. The quantitative estimate of drug-likeness (QED) is 0.385. The number of rotatable bonds is 9. The third-order valence-electron chi connectivity index (χ3n) is 4.69. The van der Waals surface area contributed by atoms with E-state index >= 15 is 0 Å². The van der Waals surface area contributed by atoms with E-state index in [0.29, 0.717) is 25.2 Å². The first-order valence-electron chi connectivity index (χ1n) is 9.74. The molecule has 1 aliphatic heterocycles. The zero-order valence-corrected chi connectivity index (χ0v) is 16.8. The van der Waals surface area contributed by atoms with Crippen molar-refractivity contribution in [3.8, 4) is 5.75 Å². The number of guanidine groups is 1. The van der Waals surface area contributed by atoms with Crippen LogP contribution in [0.25, 0.3) is 0 Å². The Balaban J connectivity index is 1.82. The van der Waals surface area contributed by atoms with E-state index in [0.717, 1.165) is 25.4 Å². The molecule has 2 rings (SSSR count). The Labute approximate surface area is 162 Å². The van der Waals surface area contributed by atoms with Crippen LogP contribution in [0.4, 0.5) is 0 Å². The molecule has 0 aliphatic carbocycles. The zero-order chi connectivity index (χ0) is 19.5. The van der Waals surface area contributed by atoms with Crippen molar-refractivity contribution in [3.63, 3.8) is 0 Å². The average molecular weight is 376 g/mol. The van der Waals surface area contributed by atoms with Crippen LogP contribution in [0.2, 0.25) is 0 Å². The van der Waals surface area contributed by atoms with Crippen LogP contribution >= 0.6 is 0 Å². The summed E-state index contributed by atoms with van der Waals surface area (Å²) in [6, 6.07) is 10.2. The fraction of sp³-hybridized carbons (Fsp3) is 0.600. The van der Waals surface area contributed by atoms with Crippen LogP contribution in [0, 0.1) is 0 Å². The van der Waals surface area contributed by atoms with Crippen LogP contribution in [-0.2, 0) is 4.79 Å². The molecular formula is C20H33N5O2. The van der Waals surface area contributed by atoms with Gasteiger partial charge in [-0.15, -0.1) is 0 Å². The van der Waals surface area contributed by atoms with Crippen molar-refractivity contribution >= 4 is 11.9 Å². The number of ether oxygens (including phenoxy) is 1. The lowest BCUT2D eigenvalue weighted by atomic mass is 10.2. The van der Waals surface area contributed by atoms with E-state index in [9.17, 15) is 4.79 Å². The van der Waals surface area contributed by atoms with Gasteiger partial charge in [-0.2, -0.15) is 0 Å². The Bertz CT molecular complexity index is 591. The zero-order valence-electron chi connectivity index (χ0n) is 16.8. The molecule has 0 bridgehead atoms. The van der Waals surface area contributed by atoms with Gasteiger partial charge in [0.25, 0.3) is 0 Å². The van der Waals surface area contributed by atoms with E-state index in [1.54, 1.807) is 19.0 Å². The second-order valence-electron chi connectivity index (χ2n) is 6.85. The van der Waals surface area contributed by atoms with Gasteiger partial charge in [-0.25, -0.2) is 4.99 Å². The van der Waals surface area contributed by atoms with Gasteiger partial charge in [-0.1, -0.05) is 25.1 Å². The molecule has 0 saturated carbocycles. The number of hydrogen-bond donors (Lipinski definition) is 2. The molecule has 0 radical (unpaired) electrons. The first kappa shape index (κ1) is 21.0. The molecule has 1 aromatic rings. The van der Waals surface area contributed by atoms with Crippen molar-refractivity contribution in [2.45, 2.75) is 25.8 Å². The van der Waals surface area contributed by atoms with Gasteiger partial charge in [0.15, 0.2) is 5.96 Å². The van der Waals surface area contributed by atoms with Gasteiger partial charge in [0, 0.05) is 26.7 Å². The fourth-order valence-corrected chi connectivity index (χ4v) is 3.07. The first-order chi connectivity index (χ1) is 13.1. The van der Waals surface area contributed by atoms with Gasteiger partial charge in [-0.3, -0.25) is 9.69 Å². The van der Waals surface area contributed by atoms with E-state index in [2.05, 4.69) is 27.4 Å². The van der Waals surface area contributed by atoms with Gasteiger partial charge >= 0.3 is 0 Å². The van der Waals surface area contributed by atoms with E-state index in [1.807, 2.05) is 30.3 Å². The predicted molar refractivity (Wildman–Crippen MR) is 109 cm³/mol. The highest BCUT2D eigenvalue weighted by Crippen LogP contribution is 2.15.